The van der Waals surface area contributed by atoms with Crippen molar-refractivity contribution < 1.29 is 32.4 Å². The van der Waals surface area contributed by atoms with E-state index in [2.05, 4.69) is 9.51 Å². The Balaban J connectivity index is 1.90. The van der Waals surface area contributed by atoms with Gasteiger partial charge < -0.3 is 18.9 Å². The van der Waals surface area contributed by atoms with Gasteiger partial charge in [-0.25, -0.2) is 13.9 Å². The van der Waals surface area contributed by atoms with Crippen molar-refractivity contribution >= 4 is 18.9 Å². The van der Waals surface area contributed by atoms with Gasteiger partial charge in [-0.2, -0.15) is 0 Å². The minimum atomic E-state index is -4.17. The van der Waals surface area contributed by atoms with E-state index < -0.39 is 26.3 Å². The summed E-state index contributed by atoms with van der Waals surface area (Å²) in [6, 6.07) is 2.79. The van der Waals surface area contributed by atoms with E-state index in [0.717, 1.165) is 7.11 Å². The summed E-state index contributed by atoms with van der Waals surface area (Å²) in [5.74, 6) is -0.370. The van der Waals surface area contributed by atoms with Crippen LogP contribution in [-0.4, -0.2) is 47.5 Å². The van der Waals surface area contributed by atoms with Crippen LogP contribution in [0.5, 0.6) is 0 Å². The molecule has 2 unspecified atom stereocenters. The van der Waals surface area contributed by atoms with Gasteiger partial charge in [0.2, 0.25) is 0 Å². The zero-order chi connectivity index (χ0) is 18.2. The standard InChI is InChI=1S/C15H20FN2O6P/c1-9-4-10(16)5-11-15(9)17-8-18(11)14-6-12(13(23-14)7-21-2)24-25(19,20)22-3/h4-5,8,12-14H,6-7H2,1-3H3,(H,19,20)/t12?,13-,14-/m1/s1. The predicted octanol–water partition coefficient (Wildman–Crippen LogP) is 2.55. The first kappa shape index (κ1) is 18.4. The van der Waals surface area contributed by atoms with Gasteiger partial charge in [0.25, 0.3) is 0 Å². The molecule has 0 amide bonds. The molecule has 0 bridgehead atoms. The third-order valence-corrected chi connectivity index (χ3v) is 5.15. The number of aromatic nitrogens is 2. The molecule has 8 nitrogen and oxygen atoms in total. The fourth-order valence-electron chi connectivity index (χ4n) is 3.00. The number of aryl methyl sites for hydroxylation is 1. The number of imidazole rings is 1. The fourth-order valence-corrected chi connectivity index (χ4v) is 3.65. The molecule has 25 heavy (non-hydrogen) atoms. The molecular formula is C15H20FN2O6P. The quantitative estimate of drug-likeness (QED) is 0.777. The maximum absolute atomic E-state index is 13.8. The van der Waals surface area contributed by atoms with Gasteiger partial charge in [0.1, 0.15) is 24.3 Å². The molecule has 1 saturated heterocycles. The summed E-state index contributed by atoms with van der Waals surface area (Å²) in [7, 11) is -1.59. The van der Waals surface area contributed by atoms with Crippen LogP contribution < -0.4 is 0 Å². The topological polar surface area (TPSA) is 92.0 Å². The lowest BCUT2D eigenvalue weighted by molar-refractivity contribution is -0.0519. The van der Waals surface area contributed by atoms with Crippen molar-refractivity contribution in [1.82, 2.24) is 9.55 Å². The lowest BCUT2D eigenvalue weighted by Gasteiger charge is -2.19. The highest BCUT2D eigenvalue weighted by Gasteiger charge is 2.41. The molecule has 0 radical (unpaired) electrons. The monoisotopic (exact) mass is 374 g/mol. The van der Waals surface area contributed by atoms with Crippen LogP contribution in [0.3, 0.4) is 0 Å². The van der Waals surface area contributed by atoms with Crippen molar-refractivity contribution in [3.8, 4) is 0 Å². The van der Waals surface area contributed by atoms with Gasteiger partial charge in [0.15, 0.2) is 0 Å². The molecule has 138 valence electrons. The summed E-state index contributed by atoms with van der Waals surface area (Å²) in [6.45, 7) is 1.95. The van der Waals surface area contributed by atoms with E-state index in [1.807, 2.05) is 0 Å². The lowest BCUT2D eigenvalue weighted by Crippen LogP contribution is -2.28. The minimum absolute atomic E-state index is 0.172. The number of hydrogen-bond donors (Lipinski definition) is 1. The highest BCUT2D eigenvalue weighted by molar-refractivity contribution is 7.47. The first-order valence-electron chi connectivity index (χ1n) is 7.68. The van der Waals surface area contributed by atoms with Crippen molar-refractivity contribution in [2.75, 3.05) is 20.8 Å². The van der Waals surface area contributed by atoms with E-state index in [1.54, 1.807) is 17.8 Å². The van der Waals surface area contributed by atoms with Gasteiger partial charge in [-0.05, 0) is 24.6 Å². The average Bonchev–Trinajstić information content (AvgIpc) is 3.12. The Morgan fingerprint density at radius 2 is 2.24 bits per heavy atom. The number of hydrogen-bond acceptors (Lipinski definition) is 6. The molecule has 3 rings (SSSR count). The molecule has 0 aliphatic carbocycles. The molecule has 1 aromatic carbocycles. The molecule has 4 atom stereocenters. The number of phosphoric ester groups is 1. The van der Waals surface area contributed by atoms with Crippen molar-refractivity contribution in [2.24, 2.45) is 0 Å². The second-order valence-corrected chi connectivity index (χ2v) is 7.37. The van der Waals surface area contributed by atoms with Crippen LogP contribution in [0, 0.1) is 12.7 Å². The lowest BCUT2D eigenvalue weighted by atomic mass is 10.2. The van der Waals surface area contributed by atoms with Crippen LogP contribution in [0.2, 0.25) is 0 Å². The Labute approximate surface area is 144 Å². The number of ether oxygens (including phenoxy) is 2. The number of methoxy groups -OCH3 is 1. The molecule has 2 heterocycles. The number of nitrogens with zero attached hydrogens (tertiary/aromatic N) is 2. The second kappa shape index (κ2) is 7.11. The van der Waals surface area contributed by atoms with Gasteiger partial charge in [-0.3, -0.25) is 9.05 Å². The van der Waals surface area contributed by atoms with Gasteiger partial charge in [-0.1, -0.05) is 0 Å². The SMILES string of the molecule is COC[C@H]1O[C@@H](n2cnc3c(C)cc(F)cc32)CC1OP(=O)(O)OC. The Morgan fingerprint density at radius 1 is 1.48 bits per heavy atom. The summed E-state index contributed by atoms with van der Waals surface area (Å²) in [5.41, 5.74) is 1.97. The molecule has 1 aliphatic heterocycles. The number of rotatable bonds is 6. The second-order valence-electron chi connectivity index (χ2n) is 5.86. The van der Waals surface area contributed by atoms with Gasteiger partial charge in [0.05, 0.1) is 24.0 Å². The molecule has 1 fully saturated rings. The highest BCUT2D eigenvalue weighted by Crippen LogP contribution is 2.47. The van der Waals surface area contributed by atoms with Crippen LogP contribution in [0.4, 0.5) is 4.39 Å². The van der Waals surface area contributed by atoms with E-state index in [1.165, 1.54) is 19.2 Å². The molecule has 1 aliphatic rings. The predicted molar refractivity (Wildman–Crippen MR) is 86.5 cm³/mol. The zero-order valence-electron chi connectivity index (χ0n) is 14.1. The van der Waals surface area contributed by atoms with Crippen molar-refractivity contribution in [3.05, 3.63) is 29.8 Å². The van der Waals surface area contributed by atoms with Crippen LogP contribution in [0.15, 0.2) is 18.5 Å². The van der Waals surface area contributed by atoms with E-state index in [0.29, 0.717) is 16.6 Å². The smallest absolute Gasteiger partial charge is 0.382 e. The van der Waals surface area contributed by atoms with Gasteiger partial charge >= 0.3 is 7.82 Å². The molecule has 0 saturated carbocycles. The number of fused-ring (bicyclic) bond motifs is 1. The summed E-state index contributed by atoms with van der Waals surface area (Å²) in [4.78, 5) is 13.9. The summed E-state index contributed by atoms with van der Waals surface area (Å²) < 4.78 is 47.8. The number of phosphoric acid groups is 1. The Bertz CT molecular complexity index is 813. The van der Waals surface area contributed by atoms with Crippen molar-refractivity contribution in [2.45, 2.75) is 31.8 Å². The van der Waals surface area contributed by atoms with E-state index in [4.69, 9.17) is 14.0 Å². The first-order valence-corrected chi connectivity index (χ1v) is 9.18. The zero-order valence-corrected chi connectivity index (χ0v) is 15.0. The third kappa shape index (κ3) is 3.76. The molecule has 0 spiro atoms. The maximum Gasteiger partial charge on any atom is 0.472 e. The summed E-state index contributed by atoms with van der Waals surface area (Å²) in [5, 5.41) is 0. The van der Waals surface area contributed by atoms with E-state index >= 15 is 0 Å². The molecule has 10 heteroatoms. The van der Waals surface area contributed by atoms with Crippen LogP contribution >= 0.6 is 7.82 Å². The molecule has 1 aromatic heterocycles. The molecular weight excluding hydrogens is 354 g/mol. The molecule has 1 N–H and O–H groups in total. The normalized spacial score (nSPS) is 26.2. The van der Waals surface area contributed by atoms with Crippen molar-refractivity contribution in [3.63, 3.8) is 0 Å². The Morgan fingerprint density at radius 3 is 2.92 bits per heavy atom. The maximum atomic E-state index is 13.8. The fraction of sp³-hybridized carbons (Fsp3) is 0.533. The minimum Gasteiger partial charge on any atom is -0.382 e. The van der Waals surface area contributed by atoms with Crippen LogP contribution in [-0.2, 0) is 23.1 Å². The Kier molecular flexibility index (Phi) is 5.24. The molecule has 2 aromatic rings. The summed E-state index contributed by atoms with van der Waals surface area (Å²) >= 11 is 0. The average molecular weight is 374 g/mol. The van der Waals surface area contributed by atoms with E-state index in [9.17, 15) is 13.8 Å². The first-order chi connectivity index (χ1) is 11.8. The van der Waals surface area contributed by atoms with Crippen molar-refractivity contribution in [1.29, 1.82) is 0 Å². The highest BCUT2D eigenvalue weighted by atomic mass is 31.2. The van der Waals surface area contributed by atoms with Gasteiger partial charge in [-0.15, -0.1) is 0 Å². The summed E-state index contributed by atoms with van der Waals surface area (Å²) in [6.07, 6.45) is 0.00465. The number of benzene rings is 1. The van der Waals surface area contributed by atoms with Crippen LogP contribution in [0.25, 0.3) is 11.0 Å². The van der Waals surface area contributed by atoms with Gasteiger partial charge in [0, 0.05) is 20.6 Å². The number of halogens is 1. The van der Waals surface area contributed by atoms with E-state index in [-0.39, 0.29) is 18.8 Å². The Hall–Kier alpha value is -1.35. The third-order valence-electron chi connectivity index (χ3n) is 4.16. The largest absolute Gasteiger partial charge is 0.472 e. The van der Waals surface area contributed by atoms with Crippen LogP contribution in [0.1, 0.15) is 18.2 Å².